The lowest BCUT2D eigenvalue weighted by atomic mass is 9.98. The summed E-state index contributed by atoms with van der Waals surface area (Å²) in [5.41, 5.74) is -0.471. The molecule has 1 aromatic heterocycles. The summed E-state index contributed by atoms with van der Waals surface area (Å²) in [4.78, 5) is 19.4. The molecule has 7 nitrogen and oxygen atoms in total. The highest BCUT2D eigenvalue weighted by Gasteiger charge is 2.44. The van der Waals surface area contributed by atoms with Crippen molar-refractivity contribution in [3.05, 3.63) is 24.2 Å². The second kappa shape index (κ2) is 9.55. The Morgan fingerprint density at radius 3 is 2.86 bits per heavy atom. The van der Waals surface area contributed by atoms with E-state index in [2.05, 4.69) is 22.5 Å². The van der Waals surface area contributed by atoms with Crippen LogP contribution in [-0.4, -0.2) is 54.8 Å². The molecule has 2 fully saturated rings. The van der Waals surface area contributed by atoms with E-state index < -0.39 is 5.60 Å². The summed E-state index contributed by atoms with van der Waals surface area (Å²) in [7, 11) is 0. The minimum atomic E-state index is -0.471. The lowest BCUT2D eigenvalue weighted by Crippen LogP contribution is -2.45. The summed E-state index contributed by atoms with van der Waals surface area (Å²) in [6, 6.07) is 4.09. The van der Waals surface area contributed by atoms with E-state index >= 15 is 0 Å². The third-order valence-corrected chi connectivity index (χ3v) is 5.58. The molecule has 1 saturated heterocycles. The Kier molecular flexibility index (Phi) is 7.09. The van der Waals surface area contributed by atoms with Crippen LogP contribution in [0, 0.1) is 11.8 Å². The number of carbonyl (C=O) groups is 1. The van der Waals surface area contributed by atoms with Crippen molar-refractivity contribution >= 4 is 12.1 Å². The predicted octanol–water partition coefficient (Wildman–Crippen LogP) is 3.41. The van der Waals surface area contributed by atoms with Gasteiger partial charge in [-0.15, -0.1) is 0 Å². The van der Waals surface area contributed by atoms with Crippen LogP contribution in [0.15, 0.2) is 27.8 Å². The SMILES string of the molecule is CCCN=C(NCCc1ccco1)N1CC2CCC(NC(=O)OC(C)(C)C)C2C1. The lowest BCUT2D eigenvalue weighted by molar-refractivity contribution is 0.0492. The Bertz CT molecular complexity index is 681. The van der Waals surface area contributed by atoms with Gasteiger partial charge >= 0.3 is 6.09 Å². The predicted molar refractivity (Wildman–Crippen MR) is 114 cm³/mol. The average molecular weight is 405 g/mol. The number of furan rings is 1. The van der Waals surface area contributed by atoms with Crippen molar-refractivity contribution in [1.82, 2.24) is 15.5 Å². The van der Waals surface area contributed by atoms with Gasteiger partial charge in [0.15, 0.2) is 5.96 Å². The van der Waals surface area contributed by atoms with Crippen LogP contribution in [0.3, 0.4) is 0 Å². The van der Waals surface area contributed by atoms with Crippen molar-refractivity contribution in [3.8, 4) is 0 Å². The zero-order valence-electron chi connectivity index (χ0n) is 18.2. The Hall–Kier alpha value is -2.18. The van der Waals surface area contributed by atoms with Gasteiger partial charge in [0, 0.05) is 44.6 Å². The fourth-order valence-electron chi connectivity index (χ4n) is 4.31. The topological polar surface area (TPSA) is 79.1 Å². The molecule has 1 aromatic rings. The molecule has 7 heteroatoms. The van der Waals surface area contributed by atoms with E-state index in [-0.39, 0.29) is 12.1 Å². The molecule has 1 saturated carbocycles. The number of guanidine groups is 1. The maximum atomic E-state index is 12.2. The van der Waals surface area contributed by atoms with Gasteiger partial charge in [0.1, 0.15) is 11.4 Å². The van der Waals surface area contributed by atoms with Crippen LogP contribution in [0.25, 0.3) is 0 Å². The van der Waals surface area contributed by atoms with E-state index in [9.17, 15) is 4.79 Å². The number of fused-ring (bicyclic) bond motifs is 1. The number of nitrogens with one attached hydrogen (secondary N) is 2. The van der Waals surface area contributed by atoms with Gasteiger partial charge in [0.2, 0.25) is 0 Å². The van der Waals surface area contributed by atoms with Crippen molar-refractivity contribution in [1.29, 1.82) is 0 Å². The van der Waals surface area contributed by atoms with Crippen LogP contribution in [0.1, 0.15) is 52.7 Å². The summed E-state index contributed by atoms with van der Waals surface area (Å²) >= 11 is 0. The highest BCUT2D eigenvalue weighted by Crippen LogP contribution is 2.38. The smallest absolute Gasteiger partial charge is 0.407 e. The van der Waals surface area contributed by atoms with Gasteiger partial charge in [0.25, 0.3) is 0 Å². The summed E-state index contributed by atoms with van der Waals surface area (Å²) < 4.78 is 10.9. The number of rotatable bonds is 6. The number of carbonyl (C=O) groups excluding carboxylic acids is 1. The Morgan fingerprint density at radius 1 is 1.34 bits per heavy atom. The average Bonchev–Trinajstić information content (AvgIpc) is 3.35. The molecule has 1 aliphatic heterocycles. The van der Waals surface area contributed by atoms with Gasteiger partial charge in [0.05, 0.1) is 6.26 Å². The van der Waals surface area contributed by atoms with Gasteiger partial charge in [-0.25, -0.2) is 4.79 Å². The molecule has 2 heterocycles. The first-order chi connectivity index (χ1) is 13.9. The molecule has 0 spiro atoms. The molecule has 29 heavy (non-hydrogen) atoms. The van der Waals surface area contributed by atoms with E-state index in [0.29, 0.717) is 11.8 Å². The van der Waals surface area contributed by atoms with Crippen LogP contribution in [0.5, 0.6) is 0 Å². The number of alkyl carbamates (subject to hydrolysis) is 1. The third kappa shape index (κ3) is 6.15. The molecule has 1 aliphatic carbocycles. The Balaban J connectivity index is 1.55. The highest BCUT2D eigenvalue weighted by molar-refractivity contribution is 5.80. The fraction of sp³-hybridized carbons (Fsp3) is 0.727. The fourth-order valence-corrected chi connectivity index (χ4v) is 4.31. The molecular weight excluding hydrogens is 368 g/mol. The number of nitrogens with zero attached hydrogens (tertiary/aromatic N) is 2. The quantitative estimate of drug-likeness (QED) is 0.561. The van der Waals surface area contributed by atoms with Gasteiger partial charge in [-0.05, 0) is 58.1 Å². The van der Waals surface area contributed by atoms with E-state index in [1.165, 1.54) is 0 Å². The van der Waals surface area contributed by atoms with Crippen LogP contribution < -0.4 is 10.6 Å². The second-order valence-electron chi connectivity index (χ2n) is 9.12. The van der Waals surface area contributed by atoms with E-state index in [1.807, 2.05) is 32.9 Å². The van der Waals surface area contributed by atoms with Crippen molar-refractivity contribution in [2.75, 3.05) is 26.2 Å². The highest BCUT2D eigenvalue weighted by atomic mass is 16.6. The van der Waals surface area contributed by atoms with Crippen molar-refractivity contribution in [2.45, 2.75) is 65.0 Å². The Labute approximate surface area is 174 Å². The lowest BCUT2D eigenvalue weighted by Gasteiger charge is -2.26. The summed E-state index contributed by atoms with van der Waals surface area (Å²) in [6.07, 6.45) is 5.42. The van der Waals surface area contributed by atoms with Crippen LogP contribution in [0.2, 0.25) is 0 Å². The first-order valence-electron chi connectivity index (χ1n) is 10.9. The van der Waals surface area contributed by atoms with Crippen LogP contribution in [0.4, 0.5) is 4.79 Å². The number of amides is 1. The zero-order valence-corrected chi connectivity index (χ0v) is 18.2. The maximum Gasteiger partial charge on any atom is 0.407 e. The summed E-state index contributed by atoms with van der Waals surface area (Å²) in [5, 5.41) is 6.63. The molecule has 0 aromatic carbocycles. The second-order valence-corrected chi connectivity index (χ2v) is 9.12. The maximum absolute atomic E-state index is 12.2. The van der Waals surface area contributed by atoms with Gasteiger partial charge in [-0.1, -0.05) is 6.92 Å². The summed E-state index contributed by atoms with van der Waals surface area (Å²) in [6.45, 7) is 11.3. The van der Waals surface area contributed by atoms with Gasteiger partial charge in [-0.3, -0.25) is 4.99 Å². The molecule has 2 aliphatic rings. The first-order valence-corrected chi connectivity index (χ1v) is 10.9. The molecule has 1 amide bonds. The van der Waals surface area contributed by atoms with Crippen LogP contribution in [-0.2, 0) is 11.2 Å². The number of aliphatic imine (C=N–C) groups is 1. The molecular formula is C22H36N4O3. The monoisotopic (exact) mass is 404 g/mol. The summed E-state index contributed by atoms with van der Waals surface area (Å²) in [5.74, 6) is 2.99. The normalized spacial score (nSPS) is 24.5. The molecule has 3 atom stereocenters. The zero-order chi connectivity index (χ0) is 20.9. The van der Waals surface area contributed by atoms with Crippen molar-refractivity contribution < 1.29 is 13.9 Å². The van der Waals surface area contributed by atoms with Gasteiger partial charge in [-0.2, -0.15) is 0 Å². The van der Waals surface area contributed by atoms with Crippen molar-refractivity contribution in [3.63, 3.8) is 0 Å². The molecule has 3 unspecified atom stereocenters. The third-order valence-electron chi connectivity index (χ3n) is 5.58. The van der Waals surface area contributed by atoms with E-state index in [1.54, 1.807) is 6.26 Å². The molecule has 0 bridgehead atoms. The minimum absolute atomic E-state index is 0.176. The standard InChI is InChI=1S/C22H36N4O3/c1-5-11-23-20(24-12-10-17-7-6-13-28-17)26-14-16-8-9-19(18(16)15-26)25-21(27)29-22(2,3)4/h6-7,13,16,18-19H,5,8-12,14-15H2,1-4H3,(H,23,24)(H,25,27). The Morgan fingerprint density at radius 2 is 2.17 bits per heavy atom. The largest absolute Gasteiger partial charge is 0.469 e. The minimum Gasteiger partial charge on any atom is -0.469 e. The molecule has 162 valence electrons. The number of hydrogen-bond acceptors (Lipinski definition) is 4. The molecule has 2 N–H and O–H groups in total. The number of likely N-dealkylation sites (tertiary alicyclic amines) is 1. The van der Waals surface area contributed by atoms with Gasteiger partial charge < -0.3 is 24.7 Å². The molecule has 3 rings (SSSR count). The molecule has 0 radical (unpaired) electrons. The van der Waals surface area contributed by atoms with E-state index in [4.69, 9.17) is 14.1 Å². The first kappa shape index (κ1) is 21.5. The van der Waals surface area contributed by atoms with E-state index in [0.717, 1.165) is 63.6 Å². The number of hydrogen-bond donors (Lipinski definition) is 2. The number of ether oxygens (including phenoxy) is 1. The van der Waals surface area contributed by atoms with Crippen LogP contribution >= 0.6 is 0 Å². The van der Waals surface area contributed by atoms with Crippen molar-refractivity contribution in [2.24, 2.45) is 16.8 Å².